The minimum atomic E-state index is -1.37. The van der Waals surface area contributed by atoms with Gasteiger partial charge >= 0.3 is 5.97 Å². The first kappa shape index (κ1) is 22.7. The second kappa shape index (κ2) is 9.54. The number of fused-ring (bicyclic) bond motifs is 1. The highest BCUT2D eigenvalue weighted by Crippen LogP contribution is 2.27. The van der Waals surface area contributed by atoms with Crippen LogP contribution in [0.3, 0.4) is 0 Å². The summed E-state index contributed by atoms with van der Waals surface area (Å²) >= 11 is 0. The summed E-state index contributed by atoms with van der Waals surface area (Å²) in [6.45, 7) is 4.71. The van der Waals surface area contributed by atoms with E-state index in [1.54, 1.807) is 17.0 Å². The first-order valence-corrected chi connectivity index (χ1v) is 11.1. The lowest BCUT2D eigenvalue weighted by molar-refractivity contribution is -0.142. The summed E-state index contributed by atoms with van der Waals surface area (Å²) in [7, 11) is 0. The van der Waals surface area contributed by atoms with E-state index in [4.69, 9.17) is 0 Å². The van der Waals surface area contributed by atoms with Crippen LogP contribution >= 0.6 is 0 Å². The molecule has 4 rings (SSSR count). The smallest absolute Gasteiger partial charge is 0.326 e. The Hall–Kier alpha value is -3.52. The molecule has 8 heteroatoms. The Morgan fingerprint density at radius 3 is 1.97 bits per heavy atom. The van der Waals surface area contributed by atoms with Crippen molar-refractivity contribution in [2.45, 2.75) is 31.8 Å². The molecule has 1 fully saturated rings. The van der Waals surface area contributed by atoms with Crippen molar-refractivity contribution in [3.63, 3.8) is 0 Å². The number of imide groups is 1. The number of hydrogen-bond donors (Lipinski definition) is 1. The first-order valence-electron chi connectivity index (χ1n) is 11.1. The van der Waals surface area contributed by atoms with Crippen molar-refractivity contribution in [2.75, 3.05) is 26.2 Å². The van der Waals surface area contributed by atoms with Gasteiger partial charge in [0.15, 0.2) is 0 Å². The van der Waals surface area contributed by atoms with Gasteiger partial charge in [0, 0.05) is 38.6 Å². The van der Waals surface area contributed by atoms with Crippen LogP contribution in [0.5, 0.6) is 0 Å². The van der Waals surface area contributed by atoms with E-state index in [9.17, 15) is 24.3 Å². The van der Waals surface area contributed by atoms with Crippen LogP contribution in [-0.2, 0) is 9.59 Å². The third-order valence-corrected chi connectivity index (χ3v) is 6.55. The molecule has 0 radical (unpaired) electrons. The number of rotatable bonds is 7. The zero-order chi connectivity index (χ0) is 23.5. The third kappa shape index (κ3) is 4.52. The van der Waals surface area contributed by atoms with E-state index in [0.29, 0.717) is 13.1 Å². The van der Waals surface area contributed by atoms with E-state index in [-0.39, 0.29) is 35.9 Å². The molecular formula is C25H27N3O5. The maximum Gasteiger partial charge on any atom is 0.326 e. The first-order chi connectivity index (χ1) is 15.9. The minimum absolute atomic E-state index is 0.0430. The molecule has 2 aromatic rings. The Labute approximate surface area is 192 Å². The zero-order valence-electron chi connectivity index (χ0n) is 18.5. The molecule has 8 nitrogen and oxygen atoms in total. The van der Waals surface area contributed by atoms with Gasteiger partial charge in [-0.05, 0) is 31.0 Å². The van der Waals surface area contributed by atoms with Gasteiger partial charge in [0.2, 0.25) is 5.91 Å². The standard InChI is InChI=1S/C25H27N3O5/c1-17(18-7-3-2-4-8-18)26-13-15-27(16-14-26)22(29)12-11-21(25(32)33)28-23(30)19-9-5-6-10-20(19)24(28)31/h2-10,17,21H,11-16H2,1H3,(H,32,33)/t17?,21-/m0/s1. The molecule has 2 aromatic carbocycles. The number of hydrogen-bond acceptors (Lipinski definition) is 5. The number of carbonyl (C=O) groups is 4. The normalized spacial score (nSPS) is 18.2. The summed E-state index contributed by atoms with van der Waals surface area (Å²) in [5.41, 5.74) is 1.62. The fourth-order valence-electron chi connectivity index (χ4n) is 4.57. The molecular weight excluding hydrogens is 422 g/mol. The molecule has 0 aromatic heterocycles. The molecule has 2 aliphatic heterocycles. The van der Waals surface area contributed by atoms with E-state index >= 15 is 0 Å². The Kier molecular flexibility index (Phi) is 6.55. The molecule has 3 amide bonds. The number of amides is 3. The number of carboxylic acid groups (broad SMARTS) is 1. The fourth-order valence-corrected chi connectivity index (χ4v) is 4.57. The average Bonchev–Trinajstić information content (AvgIpc) is 3.09. The summed E-state index contributed by atoms with van der Waals surface area (Å²) in [5.74, 6) is -2.71. The maximum atomic E-state index is 12.8. The molecule has 1 saturated heterocycles. The van der Waals surface area contributed by atoms with Crippen LogP contribution in [0.2, 0.25) is 0 Å². The Morgan fingerprint density at radius 2 is 1.42 bits per heavy atom. The molecule has 0 aliphatic carbocycles. The minimum Gasteiger partial charge on any atom is -0.480 e. The number of carbonyl (C=O) groups excluding carboxylic acids is 3. The highest BCUT2D eigenvalue weighted by atomic mass is 16.4. The van der Waals surface area contributed by atoms with Gasteiger partial charge in [-0.1, -0.05) is 42.5 Å². The number of piperazine rings is 1. The summed E-state index contributed by atoms with van der Waals surface area (Å²) in [6, 6.07) is 15.3. The van der Waals surface area contributed by atoms with Gasteiger partial charge in [0.25, 0.3) is 11.8 Å². The quantitative estimate of drug-likeness (QED) is 0.652. The van der Waals surface area contributed by atoms with Gasteiger partial charge in [0.05, 0.1) is 11.1 Å². The van der Waals surface area contributed by atoms with E-state index in [1.165, 1.54) is 17.7 Å². The van der Waals surface area contributed by atoms with Crippen LogP contribution in [0, 0.1) is 0 Å². The molecule has 33 heavy (non-hydrogen) atoms. The summed E-state index contributed by atoms with van der Waals surface area (Å²) < 4.78 is 0. The number of nitrogens with zero attached hydrogens (tertiary/aromatic N) is 3. The van der Waals surface area contributed by atoms with Gasteiger partial charge in [-0.3, -0.25) is 24.2 Å². The van der Waals surface area contributed by atoms with Gasteiger partial charge in [-0.2, -0.15) is 0 Å². The van der Waals surface area contributed by atoms with Gasteiger partial charge < -0.3 is 10.0 Å². The molecule has 0 spiro atoms. The predicted octanol–water partition coefficient (Wildman–Crippen LogP) is 2.42. The van der Waals surface area contributed by atoms with Crippen molar-refractivity contribution in [1.29, 1.82) is 0 Å². The molecule has 2 heterocycles. The zero-order valence-corrected chi connectivity index (χ0v) is 18.5. The van der Waals surface area contributed by atoms with Crippen LogP contribution in [-0.4, -0.2) is 75.7 Å². The highest BCUT2D eigenvalue weighted by molar-refractivity contribution is 6.22. The number of benzene rings is 2. The van der Waals surface area contributed by atoms with Crippen molar-refractivity contribution >= 4 is 23.7 Å². The lowest BCUT2D eigenvalue weighted by Crippen LogP contribution is -2.50. The van der Waals surface area contributed by atoms with Crippen molar-refractivity contribution in [1.82, 2.24) is 14.7 Å². The Bertz CT molecular complexity index is 1030. The topological polar surface area (TPSA) is 98.2 Å². The van der Waals surface area contributed by atoms with Crippen molar-refractivity contribution < 1.29 is 24.3 Å². The van der Waals surface area contributed by atoms with E-state index in [1.807, 2.05) is 18.2 Å². The predicted molar refractivity (Wildman–Crippen MR) is 121 cm³/mol. The lowest BCUT2D eigenvalue weighted by Gasteiger charge is -2.38. The molecule has 2 aliphatic rings. The third-order valence-electron chi connectivity index (χ3n) is 6.55. The number of carboxylic acids is 1. The average molecular weight is 450 g/mol. The maximum absolute atomic E-state index is 12.8. The summed E-state index contributed by atoms with van der Waals surface area (Å²) in [5, 5.41) is 9.70. The second-order valence-electron chi connectivity index (χ2n) is 8.42. The van der Waals surface area contributed by atoms with Crippen molar-refractivity contribution in [3.8, 4) is 0 Å². The van der Waals surface area contributed by atoms with Crippen molar-refractivity contribution in [2.24, 2.45) is 0 Å². The second-order valence-corrected chi connectivity index (χ2v) is 8.42. The van der Waals surface area contributed by atoms with Crippen LogP contribution in [0.25, 0.3) is 0 Å². The van der Waals surface area contributed by atoms with E-state index in [2.05, 4.69) is 24.0 Å². The molecule has 0 saturated carbocycles. The highest BCUT2D eigenvalue weighted by Gasteiger charge is 2.42. The molecule has 2 atom stereocenters. The lowest BCUT2D eigenvalue weighted by atomic mass is 10.1. The van der Waals surface area contributed by atoms with Crippen LogP contribution in [0.4, 0.5) is 0 Å². The SMILES string of the molecule is CC(c1ccccc1)N1CCN(C(=O)CC[C@@H](C(=O)O)N2C(=O)c3ccccc3C2=O)CC1. The molecule has 1 N–H and O–H groups in total. The molecule has 0 bridgehead atoms. The summed E-state index contributed by atoms with van der Waals surface area (Å²) in [4.78, 5) is 54.8. The van der Waals surface area contributed by atoms with Gasteiger partial charge in [-0.25, -0.2) is 4.79 Å². The van der Waals surface area contributed by atoms with Crippen molar-refractivity contribution in [3.05, 3.63) is 71.3 Å². The van der Waals surface area contributed by atoms with Crippen LogP contribution in [0.15, 0.2) is 54.6 Å². The monoisotopic (exact) mass is 449 g/mol. The van der Waals surface area contributed by atoms with E-state index in [0.717, 1.165) is 18.0 Å². The molecule has 1 unspecified atom stereocenters. The van der Waals surface area contributed by atoms with E-state index < -0.39 is 23.8 Å². The van der Waals surface area contributed by atoms with Gasteiger partial charge in [0.1, 0.15) is 6.04 Å². The van der Waals surface area contributed by atoms with Gasteiger partial charge in [-0.15, -0.1) is 0 Å². The van der Waals surface area contributed by atoms with Crippen LogP contribution < -0.4 is 0 Å². The summed E-state index contributed by atoms with van der Waals surface area (Å²) in [6.07, 6.45) is -0.154. The largest absolute Gasteiger partial charge is 0.480 e. The Morgan fingerprint density at radius 1 is 0.879 bits per heavy atom. The van der Waals surface area contributed by atoms with Crippen LogP contribution in [0.1, 0.15) is 52.1 Å². The molecule has 172 valence electrons. The Balaban J connectivity index is 1.34. The number of aliphatic carboxylic acids is 1. The fraction of sp³-hybridized carbons (Fsp3) is 0.360.